The Morgan fingerprint density at radius 2 is 1.58 bits per heavy atom. The molecular weight excluding hydrogens is 392 g/mol. The molecular formula is C25H36N2O4. The second kappa shape index (κ2) is 13.4. The number of rotatable bonds is 8. The third-order valence-electron chi connectivity index (χ3n) is 4.20. The normalized spacial score (nSPS) is 10.5. The second-order valence-electron chi connectivity index (χ2n) is 7.88. The van der Waals surface area contributed by atoms with E-state index in [1.54, 1.807) is 25.7 Å². The molecule has 2 amide bonds. The van der Waals surface area contributed by atoms with Crippen LogP contribution in [0.1, 0.15) is 51.3 Å². The van der Waals surface area contributed by atoms with Crippen LogP contribution in [0.3, 0.4) is 0 Å². The molecule has 0 bridgehead atoms. The minimum absolute atomic E-state index is 0.0496. The third-order valence-corrected chi connectivity index (χ3v) is 4.20. The molecule has 0 fully saturated rings. The van der Waals surface area contributed by atoms with Crippen molar-refractivity contribution in [3.8, 4) is 0 Å². The lowest BCUT2D eigenvalue weighted by atomic mass is 10.1. The fraction of sp³-hybridized carbons (Fsp3) is 0.440. The maximum atomic E-state index is 12.8. The van der Waals surface area contributed by atoms with Gasteiger partial charge in [-0.15, -0.1) is 0 Å². The molecule has 0 saturated heterocycles. The molecule has 0 aliphatic heterocycles. The molecule has 0 aliphatic carbocycles. The summed E-state index contributed by atoms with van der Waals surface area (Å²) in [5, 5.41) is 11.9. The standard InChI is InChI=1S/C23H30N2O4.C2H6/c1-23(2,3)29-22(28)24-15-21(27)25(13-12-18-8-5-4-6-9-18)16-19-10-7-11-20(14-19)17-26;1-2/h4-11,14,26H,12-13,15-17H2,1-3H3,(H,24,28);1-2H3. The lowest BCUT2D eigenvalue weighted by Crippen LogP contribution is -2.42. The Bertz CT molecular complexity index is 801. The Morgan fingerprint density at radius 1 is 0.968 bits per heavy atom. The van der Waals surface area contributed by atoms with Crippen molar-refractivity contribution in [1.82, 2.24) is 10.2 Å². The summed E-state index contributed by atoms with van der Waals surface area (Å²) in [6.45, 7) is 10.0. The first kappa shape index (κ1) is 26.2. The topological polar surface area (TPSA) is 78.9 Å². The van der Waals surface area contributed by atoms with Crippen molar-refractivity contribution in [3.63, 3.8) is 0 Å². The fourth-order valence-corrected chi connectivity index (χ4v) is 2.82. The van der Waals surface area contributed by atoms with E-state index in [4.69, 9.17) is 4.74 Å². The summed E-state index contributed by atoms with van der Waals surface area (Å²) in [6, 6.07) is 17.4. The zero-order chi connectivity index (χ0) is 23.3. The number of nitrogens with zero attached hydrogens (tertiary/aromatic N) is 1. The van der Waals surface area contributed by atoms with Crippen LogP contribution in [0.4, 0.5) is 4.79 Å². The first-order valence-electron chi connectivity index (χ1n) is 10.7. The zero-order valence-corrected chi connectivity index (χ0v) is 19.4. The van der Waals surface area contributed by atoms with Gasteiger partial charge in [-0.2, -0.15) is 0 Å². The summed E-state index contributed by atoms with van der Waals surface area (Å²) in [5.74, 6) is -0.193. The van der Waals surface area contributed by atoms with Crippen molar-refractivity contribution in [2.24, 2.45) is 0 Å². The number of ether oxygens (including phenoxy) is 1. The Balaban J connectivity index is 0.00000233. The average Bonchev–Trinajstić information content (AvgIpc) is 2.76. The molecule has 2 aromatic carbocycles. The SMILES string of the molecule is CC.CC(C)(C)OC(=O)NCC(=O)N(CCc1ccccc1)Cc1cccc(CO)c1. The fourth-order valence-electron chi connectivity index (χ4n) is 2.82. The van der Waals surface area contributed by atoms with Crippen LogP contribution in [0, 0.1) is 0 Å². The summed E-state index contributed by atoms with van der Waals surface area (Å²) in [4.78, 5) is 26.4. The number of aliphatic hydroxyl groups excluding tert-OH is 1. The second-order valence-corrected chi connectivity index (χ2v) is 7.88. The predicted octanol–water partition coefficient (Wildman–Crippen LogP) is 4.30. The van der Waals surface area contributed by atoms with E-state index in [1.165, 1.54) is 0 Å². The highest BCUT2D eigenvalue weighted by molar-refractivity contribution is 5.82. The monoisotopic (exact) mass is 428 g/mol. The number of nitrogens with one attached hydrogen (secondary N) is 1. The van der Waals surface area contributed by atoms with Gasteiger partial charge in [0.1, 0.15) is 12.1 Å². The molecule has 0 heterocycles. The first-order chi connectivity index (χ1) is 14.8. The molecule has 2 rings (SSSR count). The number of benzene rings is 2. The summed E-state index contributed by atoms with van der Waals surface area (Å²) < 4.78 is 5.20. The molecule has 0 atom stereocenters. The smallest absolute Gasteiger partial charge is 0.408 e. The van der Waals surface area contributed by atoms with Gasteiger partial charge in [-0.3, -0.25) is 4.79 Å². The molecule has 170 valence electrons. The van der Waals surface area contributed by atoms with Crippen molar-refractivity contribution < 1.29 is 19.4 Å². The molecule has 6 heteroatoms. The van der Waals surface area contributed by atoms with Gasteiger partial charge in [-0.1, -0.05) is 68.4 Å². The van der Waals surface area contributed by atoms with Crippen molar-refractivity contribution >= 4 is 12.0 Å². The van der Waals surface area contributed by atoms with Gasteiger partial charge in [0.15, 0.2) is 0 Å². The lowest BCUT2D eigenvalue weighted by molar-refractivity contribution is -0.130. The lowest BCUT2D eigenvalue weighted by Gasteiger charge is -2.24. The predicted molar refractivity (Wildman–Crippen MR) is 124 cm³/mol. The maximum Gasteiger partial charge on any atom is 0.408 e. The van der Waals surface area contributed by atoms with E-state index in [1.807, 2.05) is 68.4 Å². The molecule has 0 aliphatic rings. The van der Waals surface area contributed by atoms with Crippen LogP contribution in [0.15, 0.2) is 54.6 Å². The largest absolute Gasteiger partial charge is 0.444 e. The number of carbonyl (C=O) groups excluding carboxylic acids is 2. The molecule has 0 radical (unpaired) electrons. The Hall–Kier alpha value is -2.86. The van der Waals surface area contributed by atoms with Crippen LogP contribution < -0.4 is 5.32 Å². The van der Waals surface area contributed by atoms with Gasteiger partial charge in [0.2, 0.25) is 5.91 Å². The van der Waals surface area contributed by atoms with Gasteiger partial charge in [0.05, 0.1) is 6.61 Å². The quantitative estimate of drug-likeness (QED) is 0.657. The highest BCUT2D eigenvalue weighted by Gasteiger charge is 2.19. The van der Waals surface area contributed by atoms with Crippen molar-refractivity contribution in [3.05, 3.63) is 71.3 Å². The van der Waals surface area contributed by atoms with E-state index in [9.17, 15) is 14.7 Å². The van der Waals surface area contributed by atoms with E-state index in [2.05, 4.69) is 5.32 Å². The van der Waals surface area contributed by atoms with Crippen molar-refractivity contribution in [1.29, 1.82) is 0 Å². The summed E-state index contributed by atoms with van der Waals surface area (Å²) in [6.07, 6.45) is 0.0924. The molecule has 0 spiro atoms. The van der Waals surface area contributed by atoms with Crippen LogP contribution in [0.5, 0.6) is 0 Å². The van der Waals surface area contributed by atoms with Crippen LogP contribution >= 0.6 is 0 Å². The number of amides is 2. The summed E-state index contributed by atoms with van der Waals surface area (Å²) in [7, 11) is 0. The zero-order valence-electron chi connectivity index (χ0n) is 19.4. The molecule has 2 aromatic rings. The number of aliphatic hydroxyl groups is 1. The number of hydrogen-bond acceptors (Lipinski definition) is 4. The molecule has 31 heavy (non-hydrogen) atoms. The maximum absolute atomic E-state index is 12.8. The third kappa shape index (κ3) is 10.6. The van der Waals surface area contributed by atoms with E-state index in [0.29, 0.717) is 19.5 Å². The van der Waals surface area contributed by atoms with Crippen LogP contribution in [0.25, 0.3) is 0 Å². The molecule has 2 N–H and O–H groups in total. The minimum Gasteiger partial charge on any atom is -0.444 e. The van der Waals surface area contributed by atoms with Crippen LogP contribution in [-0.4, -0.2) is 40.7 Å². The Labute approximate surface area is 186 Å². The van der Waals surface area contributed by atoms with Gasteiger partial charge in [0, 0.05) is 13.1 Å². The van der Waals surface area contributed by atoms with Gasteiger partial charge < -0.3 is 20.1 Å². The van der Waals surface area contributed by atoms with Gasteiger partial charge in [-0.25, -0.2) is 4.79 Å². The van der Waals surface area contributed by atoms with E-state index in [0.717, 1.165) is 16.7 Å². The highest BCUT2D eigenvalue weighted by Crippen LogP contribution is 2.11. The highest BCUT2D eigenvalue weighted by atomic mass is 16.6. The molecule has 0 aromatic heterocycles. The molecule has 0 unspecified atom stereocenters. The van der Waals surface area contributed by atoms with Crippen LogP contribution in [-0.2, 0) is 29.1 Å². The van der Waals surface area contributed by atoms with Gasteiger partial charge in [0.25, 0.3) is 0 Å². The Kier molecular flexibility index (Phi) is 11.4. The Morgan fingerprint density at radius 3 is 2.19 bits per heavy atom. The molecule has 0 saturated carbocycles. The number of carbonyl (C=O) groups is 2. The summed E-state index contributed by atoms with van der Waals surface area (Å²) >= 11 is 0. The number of alkyl carbamates (subject to hydrolysis) is 1. The first-order valence-corrected chi connectivity index (χ1v) is 10.7. The van der Waals surface area contributed by atoms with E-state index >= 15 is 0 Å². The summed E-state index contributed by atoms with van der Waals surface area (Å²) in [5.41, 5.74) is 2.24. The van der Waals surface area contributed by atoms with Gasteiger partial charge >= 0.3 is 6.09 Å². The van der Waals surface area contributed by atoms with Gasteiger partial charge in [-0.05, 0) is 43.9 Å². The number of hydrogen-bond donors (Lipinski definition) is 2. The molecule has 6 nitrogen and oxygen atoms in total. The minimum atomic E-state index is -0.620. The van der Waals surface area contributed by atoms with Crippen molar-refractivity contribution in [2.75, 3.05) is 13.1 Å². The van der Waals surface area contributed by atoms with E-state index < -0.39 is 11.7 Å². The van der Waals surface area contributed by atoms with Crippen LogP contribution in [0.2, 0.25) is 0 Å². The average molecular weight is 429 g/mol. The van der Waals surface area contributed by atoms with Crippen molar-refractivity contribution in [2.45, 2.75) is 59.8 Å². The van der Waals surface area contributed by atoms with E-state index in [-0.39, 0.29) is 19.1 Å².